The summed E-state index contributed by atoms with van der Waals surface area (Å²) in [6.07, 6.45) is 37.6. The van der Waals surface area contributed by atoms with Gasteiger partial charge < -0.3 is 33.8 Å². The smallest absolute Gasteiger partial charge is 0.462 e. The fourth-order valence-corrected chi connectivity index (χ4v) is 11.5. The molecule has 0 aromatic heterocycles. The molecule has 0 rings (SSSR count). The molecule has 0 aliphatic carbocycles. The highest BCUT2D eigenvalue weighted by Crippen LogP contribution is 2.45. The number of hydrogen-bond donors (Lipinski definition) is 3. The van der Waals surface area contributed by atoms with Gasteiger partial charge in [0.2, 0.25) is 0 Å². The van der Waals surface area contributed by atoms with Crippen molar-refractivity contribution in [3.05, 3.63) is 0 Å². The van der Waals surface area contributed by atoms with Gasteiger partial charge in [-0.15, -0.1) is 0 Å². The van der Waals surface area contributed by atoms with Gasteiger partial charge in [-0.1, -0.05) is 274 Å². The summed E-state index contributed by atoms with van der Waals surface area (Å²) in [7, 11) is -9.90. The van der Waals surface area contributed by atoms with E-state index in [2.05, 4.69) is 55.4 Å². The summed E-state index contributed by atoms with van der Waals surface area (Å²) in [5.41, 5.74) is 0. The van der Waals surface area contributed by atoms with Crippen LogP contribution in [-0.2, 0) is 65.4 Å². The molecule has 0 aliphatic rings. The minimum absolute atomic E-state index is 0.104. The molecule has 19 heteroatoms. The normalized spacial score (nSPS) is 15.0. The number of hydrogen-bond acceptors (Lipinski definition) is 15. The maximum Gasteiger partial charge on any atom is 0.472 e. The zero-order chi connectivity index (χ0) is 63.9. The number of unbranched alkanes of at least 4 members (excludes halogenated alkanes) is 28. The number of aliphatic hydroxyl groups is 1. The van der Waals surface area contributed by atoms with Crippen molar-refractivity contribution in [3.63, 3.8) is 0 Å². The molecule has 0 aromatic rings. The molecule has 17 nitrogen and oxygen atoms in total. The first-order chi connectivity index (χ1) is 41.2. The van der Waals surface area contributed by atoms with Crippen LogP contribution >= 0.6 is 15.6 Å². The first-order valence-electron chi connectivity index (χ1n) is 34.8. The largest absolute Gasteiger partial charge is 0.472 e. The monoisotopic (exact) mass is 1270 g/mol. The molecule has 0 bridgehead atoms. The van der Waals surface area contributed by atoms with Crippen LogP contribution in [0.4, 0.5) is 0 Å². The molecule has 0 saturated carbocycles. The molecule has 0 amide bonds. The van der Waals surface area contributed by atoms with Gasteiger partial charge in [0.05, 0.1) is 26.4 Å². The molecule has 0 radical (unpaired) electrons. The van der Waals surface area contributed by atoms with Crippen LogP contribution in [0, 0.1) is 23.7 Å². The fourth-order valence-electron chi connectivity index (χ4n) is 9.89. The summed E-state index contributed by atoms with van der Waals surface area (Å²) >= 11 is 0. The van der Waals surface area contributed by atoms with Crippen LogP contribution in [0.3, 0.4) is 0 Å². The van der Waals surface area contributed by atoms with Crippen LogP contribution in [0.2, 0.25) is 0 Å². The number of esters is 4. The van der Waals surface area contributed by atoms with E-state index in [0.29, 0.717) is 31.6 Å². The minimum Gasteiger partial charge on any atom is -0.462 e. The molecular formula is C67H130O17P2. The van der Waals surface area contributed by atoms with E-state index in [-0.39, 0.29) is 25.7 Å². The summed E-state index contributed by atoms with van der Waals surface area (Å²) in [6, 6.07) is 0. The summed E-state index contributed by atoms with van der Waals surface area (Å²) in [4.78, 5) is 72.4. The van der Waals surface area contributed by atoms with Crippen molar-refractivity contribution < 1.29 is 80.2 Å². The Morgan fingerprint density at radius 2 is 0.558 bits per heavy atom. The Balaban J connectivity index is 5.26. The predicted octanol–water partition coefficient (Wildman–Crippen LogP) is 18.5. The van der Waals surface area contributed by atoms with Crippen molar-refractivity contribution in [1.82, 2.24) is 0 Å². The number of phosphoric ester groups is 2. The van der Waals surface area contributed by atoms with E-state index in [9.17, 15) is 43.2 Å². The predicted molar refractivity (Wildman–Crippen MR) is 344 cm³/mol. The van der Waals surface area contributed by atoms with Gasteiger partial charge in [-0.2, -0.15) is 0 Å². The molecule has 0 spiro atoms. The molecule has 4 unspecified atom stereocenters. The molecule has 0 aromatic carbocycles. The van der Waals surface area contributed by atoms with Gasteiger partial charge in [-0.25, -0.2) is 9.13 Å². The third kappa shape index (κ3) is 58.4. The first-order valence-corrected chi connectivity index (χ1v) is 37.8. The zero-order valence-electron chi connectivity index (χ0n) is 55.9. The number of ether oxygens (including phenoxy) is 4. The van der Waals surface area contributed by atoms with Gasteiger partial charge in [-0.05, 0) is 49.4 Å². The molecule has 86 heavy (non-hydrogen) atoms. The highest BCUT2D eigenvalue weighted by molar-refractivity contribution is 7.47. The van der Waals surface area contributed by atoms with Crippen molar-refractivity contribution in [2.24, 2.45) is 23.7 Å². The van der Waals surface area contributed by atoms with Gasteiger partial charge in [0.1, 0.15) is 19.3 Å². The zero-order valence-corrected chi connectivity index (χ0v) is 57.7. The summed E-state index contributed by atoms with van der Waals surface area (Å²) in [6.45, 7) is 14.0. The van der Waals surface area contributed by atoms with Crippen LogP contribution in [0.15, 0.2) is 0 Å². The second-order valence-corrected chi connectivity index (χ2v) is 28.6. The van der Waals surface area contributed by atoms with Crippen molar-refractivity contribution in [3.8, 4) is 0 Å². The summed E-state index contributed by atoms with van der Waals surface area (Å²) in [5, 5.41) is 10.6. The van der Waals surface area contributed by atoms with Gasteiger partial charge in [0, 0.05) is 25.7 Å². The third-order valence-corrected chi connectivity index (χ3v) is 17.9. The number of aliphatic hydroxyl groups excluding tert-OH is 1. The topological polar surface area (TPSA) is 237 Å². The molecular weight excluding hydrogens is 1140 g/mol. The van der Waals surface area contributed by atoms with Crippen molar-refractivity contribution >= 4 is 39.5 Å². The lowest BCUT2D eigenvalue weighted by atomic mass is 9.99. The lowest BCUT2D eigenvalue weighted by Gasteiger charge is -2.21. The van der Waals surface area contributed by atoms with Crippen LogP contribution in [-0.4, -0.2) is 96.7 Å². The maximum absolute atomic E-state index is 13.0. The van der Waals surface area contributed by atoms with Gasteiger partial charge in [-0.3, -0.25) is 37.3 Å². The molecule has 0 heterocycles. The average molecular weight is 1270 g/mol. The Bertz CT molecular complexity index is 1720. The number of rotatable bonds is 64. The van der Waals surface area contributed by atoms with E-state index < -0.39 is 97.5 Å². The highest BCUT2D eigenvalue weighted by atomic mass is 31.2. The Morgan fingerprint density at radius 1 is 0.326 bits per heavy atom. The quantitative estimate of drug-likeness (QED) is 0.0222. The van der Waals surface area contributed by atoms with Crippen molar-refractivity contribution in [2.75, 3.05) is 39.6 Å². The van der Waals surface area contributed by atoms with E-state index >= 15 is 0 Å². The molecule has 510 valence electrons. The molecule has 0 aliphatic heterocycles. The molecule has 7 atom stereocenters. The summed E-state index contributed by atoms with van der Waals surface area (Å²) < 4.78 is 68.1. The van der Waals surface area contributed by atoms with Gasteiger partial charge >= 0.3 is 39.5 Å². The van der Waals surface area contributed by atoms with E-state index in [0.717, 1.165) is 120 Å². The standard InChI is InChI=1S/C67H130O17P2/c1-9-59(7)45-37-29-20-16-12-14-18-22-34-42-50-67(72)83-62(53-77-64(69)47-39-31-25-23-28-36-44-58(5)6)55-81-85(73,74)79-51-61(68)52-80-86(75,76)82-56-63(54-78-65(70)48-40-32-26-24-30-38-46-60(8)10-2)84-66(71)49-41-33-21-17-13-11-15-19-27-35-43-57(3)4/h57-63,68H,9-56H2,1-8H3,(H,73,74)(H,75,76)/t59?,60?,61-,62-,63-/m1/s1. The number of carbonyl (C=O) groups is 4. The second kappa shape index (κ2) is 57.0. The highest BCUT2D eigenvalue weighted by Gasteiger charge is 2.30. The summed E-state index contributed by atoms with van der Waals surface area (Å²) in [5.74, 6) is 0.829. The van der Waals surface area contributed by atoms with Crippen molar-refractivity contribution in [2.45, 2.75) is 343 Å². The minimum atomic E-state index is -4.95. The molecule has 3 N–H and O–H groups in total. The van der Waals surface area contributed by atoms with Crippen molar-refractivity contribution in [1.29, 1.82) is 0 Å². The second-order valence-electron chi connectivity index (χ2n) is 25.6. The van der Waals surface area contributed by atoms with E-state index in [4.69, 9.17) is 37.0 Å². The average Bonchev–Trinajstić information content (AvgIpc) is 3.69. The molecule has 0 fully saturated rings. The Morgan fingerprint density at radius 3 is 0.826 bits per heavy atom. The van der Waals surface area contributed by atoms with Gasteiger partial charge in [0.15, 0.2) is 12.2 Å². The SMILES string of the molecule is CCC(C)CCCCCCCCCCCCC(=O)O[C@H](COC(=O)CCCCCCCCC(C)C)COP(=O)(O)OC[C@@H](O)COP(=O)(O)OC[C@@H](COC(=O)CCCCCCCCC(C)CC)OC(=O)CCCCCCCCCCCCC(C)C. The fraction of sp³-hybridized carbons (Fsp3) is 0.940. The number of carbonyl (C=O) groups excluding carboxylic acids is 4. The first kappa shape index (κ1) is 84.1. The third-order valence-electron chi connectivity index (χ3n) is 16.0. The van der Waals surface area contributed by atoms with Crippen LogP contribution in [0.25, 0.3) is 0 Å². The van der Waals surface area contributed by atoms with Crippen LogP contribution in [0.5, 0.6) is 0 Å². The van der Waals surface area contributed by atoms with Crippen LogP contribution < -0.4 is 0 Å². The van der Waals surface area contributed by atoms with Crippen LogP contribution in [0.1, 0.15) is 325 Å². The Kier molecular flexibility index (Phi) is 55.7. The Labute approximate surface area is 524 Å². The van der Waals surface area contributed by atoms with Gasteiger partial charge in [0.25, 0.3) is 0 Å². The lowest BCUT2D eigenvalue weighted by molar-refractivity contribution is -0.161. The maximum atomic E-state index is 13.0. The molecule has 0 saturated heterocycles. The Hall–Kier alpha value is -1.94. The van der Waals surface area contributed by atoms with E-state index in [1.165, 1.54) is 116 Å². The van der Waals surface area contributed by atoms with E-state index in [1.54, 1.807) is 0 Å². The number of phosphoric acid groups is 2. The lowest BCUT2D eigenvalue weighted by Crippen LogP contribution is -2.30. The van der Waals surface area contributed by atoms with E-state index in [1.807, 2.05) is 0 Å².